The lowest BCUT2D eigenvalue weighted by atomic mass is 9.97. The molecular weight excluding hydrogens is 248 g/mol. The van der Waals surface area contributed by atoms with Crippen LogP contribution in [0.4, 0.5) is 0 Å². The quantitative estimate of drug-likeness (QED) is 0.913. The topological polar surface area (TPSA) is 24.5 Å². The molecule has 2 unspecified atom stereocenters. The summed E-state index contributed by atoms with van der Waals surface area (Å²) in [5.74, 6) is 1.74. The standard InChI is InChI=1S/C17H26N2O/c1-2-20-17-5-3-4-14(13-17)15-6-7-16(12-15)19-10-8-18-9-11-19/h3-5,13,15-16,18H,2,6-12H2,1H3. The highest BCUT2D eigenvalue weighted by molar-refractivity contribution is 5.31. The second-order valence-electron chi connectivity index (χ2n) is 5.96. The summed E-state index contributed by atoms with van der Waals surface area (Å²) in [7, 11) is 0. The van der Waals surface area contributed by atoms with E-state index in [9.17, 15) is 0 Å². The first-order chi connectivity index (χ1) is 9.86. The molecule has 1 aliphatic carbocycles. The zero-order chi connectivity index (χ0) is 13.8. The zero-order valence-electron chi connectivity index (χ0n) is 12.5. The number of rotatable bonds is 4. The molecule has 3 heteroatoms. The fourth-order valence-electron chi connectivity index (χ4n) is 3.66. The number of nitrogens with zero attached hydrogens (tertiary/aromatic N) is 1. The Labute approximate surface area is 122 Å². The van der Waals surface area contributed by atoms with Crippen LogP contribution in [0.15, 0.2) is 24.3 Å². The van der Waals surface area contributed by atoms with E-state index in [1.54, 1.807) is 0 Å². The fraction of sp³-hybridized carbons (Fsp3) is 0.647. The van der Waals surface area contributed by atoms with Crippen LogP contribution in [0.2, 0.25) is 0 Å². The predicted octanol–water partition coefficient (Wildman–Crippen LogP) is 2.63. The van der Waals surface area contributed by atoms with Crippen LogP contribution in [0.3, 0.4) is 0 Å². The van der Waals surface area contributed by atoms with E-state index in [0.29, 0.717) is 0 Å². The lowest BCUT2D eigenvalue weighted by Gasteiger charge is -2.32. The Bertz CT molecular complexity index is 429. The number of benzene rings is 1. The van der Waals surface area contributed by atoms with Gasteiger partial charge in [0.2, 0.25) is 0 Å². The number of hydrogen-bond acceptors (Lipinski definition) is 3. The molecule has 1 aliphatic heterocycles. The van der Waals surface area contributed by atoms with Gasteiger partial charge in [-0.25, -0.2) is 0 Å². The Hall–Kier alpha value is -1.06. The first-order valence-corrected chi connectivity index (χ1v) is 8.04. The lowest BCUT2D eigenvalue weighted by Crippen LogP contribution is -2.47. The summed E-state index contributed by atoms with van der Waals surface area (Å²) in [4.78, 5) is 2.68. The molecule has 3 nitrogen and oxygen atoms in total. The average molecular weight is 274 g/mol. The normalized spacial score (nSPS) is 27.6. The third-order valence-electron chi connectivity index (χ3n) is 4.71. The summed E-state index contributed by atoms with van der Waals surface area (Å²) < 4.78 is 5.63. The number of hydrogen-bond donors (Lipinski definition) is 1. The molecule has 0 aromatic heterocycles. The van der Waals surface area contributed by atoms with E-state index in [-0.39, 0.29) is 0 Å². The van der Waals surface area contributed by atoms with Crippen LogP contribution in [0.1, 0.15) is 37.7 Å². The van der Waals surface area contributed by atoms with E-state index in [2.05, 4.69) is 34.5 Å². The van der Waals surface area contributed by atoms with E-state index in [1.165, 1.54) is 37.9 Å². The van der Waals surface area contributed by atoms with Crippen LogP contribution in [0.25, 0.3) is 0 Å². The molecule has 1 heterocycles. The van der Waals surface area contributed by atoms with Crippen molar-refractivity contribution in [2.24, 2.45) is 0 Å². The van der Waals surface area contributed by atoms with Gasteiger partial charge in [0.1, 0.15) is 5.75 Å². The molecule has 0 spiro atoms. The van der Waals surface area contributed by atoms with Gasteiger partial charge in [-0.1, -0.05) is 12.1 Å². The number of ether oxygens (including phenoxy) is 1. The third-order valence-corrected chi connectivity index (χ3v) is 4.71. The van der Waals surface area contributed by atoms with Crippen LogP contribution in [0.5, 0.6) is 5.75 Å². The maximum Gasteiger partial charge on any atom is 0.119 e. The van der Waals surface area contributed by atoms with Gasteiger partial charge < -0.3 is 10.1 Å². The van der Waals surface area contributed by atoms with Gasteiger partial charge in [-0.15, -0.1) is 0 Å². The third kappa shape index (κ3) is 3.15. The van der Waals surface area contributed by atoms with Gasteiger partial charge in [0, 0.05) is 32.2 Å². The van der Waals surface area contributed by atoms with Crippen molar-refractivity contribution in [3.8, 4) is 5.75 Å². The SMILES string of the molecule is CCOc1cccc(C2CCC(N3CCNCC3)C2)c1. The Kier molecular flexibility index (Phi) is 4.58. The summed E-state index contributed by atoms with van der Waals surface area (Å²) in [5.41, 5.74) is 1.47. The maximum atomic E-state index is 5.63. The Morgan fingerprint density at radius 2 is 2.10 bits per heavy atom. The van der Waals surface area contributed by atoms with Crippen LogP contribution in [-0.2, 0) is 0 Å². The molecule has 0 radical (unpaired) electrons. The predicted molar refractivity (Wildman–Crippen MR) is 82.4 cm³/mol. The molecule has 1 aromatic rings. The molecule has 2 fully saturated rings. The number of piperazine rings is 1. The van der Waals surface area contributed by atoms with Crippen LogP contribution in [0, 0.1) is 0 Å². The second kappa shape index (κ2) is 6.59. The number of nitrogens with one attached hydrogen (secondary N) is 1. The van der Waals surface area contributed by atoms with Crippen LogP contribution in [-0.4, -0.2) is 43.7 Å². The molecule has 110 valence electrons. The van der Waals surface area contributed by atoms with Gasteiger partial charge in [0.05, 0.1) is 6.61 Å². The van der Waals surface area contributed by atoms with Gasteiger partial charge in [0.15, 0.2) is 0 Å². The van der Waals surface area contributed by atoms with Gasteiger partial charge in [0.25, 0.3) is 0 Å². The molecule has 0 amide bonds. The van der Waals surface area contributed by atoms with Crippen LogP contribution >= 0.6 is 0 Å². The summed E-state index contributed by atoms with van der Waals surface area (Å²) in [6, 6.07) is 9.51. The van der Waals surface area contributed by atoms with E-state index in [1.807, 2.05) is 6.92 Å². The van der Waals surface area contributed by atoms with Crippen molar-refractivity contribution in [1.82, 2.24) is 10.2 Å². The first kappa shape index (κ1) is 13.9. The highest BCUT2D eigenvalue weighted by Crippen LogP contribution is 2.37. The molecular formula is C17H26N2O. The molecule has 20 heavy (non-hydrogen) atoms. The first-order valence-electron chi connectivity index (χ1n) is 8.04. The highest BCUT2D eigenvalue weighted by Gasteiger charge is 2.30. The molecule has 1 N–H and O–H groups in total. The van der Waals surface area contributed by atoms with Crippen molar-refractivity contribution in [3.05, 3.63) is 29.8 Å². The van der Waals surface area contributed by atoms with Gasteiger partial charge in [-0.05, 0) is 49.8 Å². The maximum absolute atomic E-state index is 5.63. The lowest BCUT2D eigenvalue weighted by molar-refractivity contribution is 0.174. The molecule has 1 aromatic carbocycles. The van der Waals surface area contributed by atoms with E-state index >= 15 is 0 Å². The average Bonchev–Trinajstić information content (AvgIpc) is 2.99. The second-order valence-corrected chi connectivity index (χ2v) is 5.96. The Morgan fingerprint density at radius 1 is 1.25 bits per heavy atom. The Balaban J connectivity index is 1.62. The van der Waals surface area contributed by atoms with E-state index < -0.39 is 0 Å². The molecule has 3 rings (SSSR count). The van der Waals surface area contributed by atoms with E-state index in [4.69, 9.17) is 4.74 Å². The van der Waals surface area contributed by atoms with Crippen molar-refractivity contribution >= 4 is 0 Å². The smallest absolute Gasteiger partial charge is 0.119 e. The van der Waals surface area contributed by atoms with Crippen LogP contribution < -0.4 is 10.1 Å². The summed E-state index contributed by atoms with van der Waals surface area (Å²) in [5, 5.41) is 3.44. The summed E-state index contributed by atoms with van der Waals surface area (Å²) in [6.45, 7) is 7.54. The van der Waals surface area contributed by atoms with Crippen molar-refractivity contribution < 1.29 is 4.74 Å². The fourth-order valence-corrected chi connectivity index (χ4v) is 3.66. The van der Waals surface area contributed by atoms with Crippen molar-refractivity contribution in [1.29, 1.82) is 0 Å². The monoisotopic (exact) mass is 274 g/mol. The minimum Gasteiger partial charge on any atom is -0.494 e. The largest absolute Gasteiger partial charge is 0.494 e. The summed E-state index contributed by atoms with van der Waals surface area (Å²) >= 11 is 0. The van der Waals surface area contributed by atoms with Crippen molar-refractivity contribution in [3.63, 3.8) is 0 Å². The molecule has 2 atom stereocenters. The minimum absolute atomic E-state index is 0.718. The van der Waals surface area contributed by atoms with Crippen molar-refractivity contribution in [2.45, 2.75) is 38.1 Å². The summed E-state index contributed by atoms with van der Waals surface area (Å²) in [6.07, 6.45) is 3.99. The van der Waals surface area contributed by atoms with Gasteiger partial charge in [-0.2, -0.15) is 0 Å². The van der Waals surface area contributed by atoms with Gasteiger partial charge in [-0.3, -0.25) is 4.90 Å². The molecule has 0 bridgehead atoms. The van der Waals surface area contributed by atoms with Gasteiger partial charge >= 0.3 is 0 Å². The van der Waals surface area contributed by atoms with E-state index in [0.717, 1.165) is 37.4 Å². The van der Waals surface area contributed by atoms with Crippen molar-refractivity contribution in [2.75, 3.05) is 32.8 Å². The molecule has 1 saturated heterocycles. The highest BCUT2D eigenvalue weighted by atomic mass is 16.5. The minimum atomic E-state index is 0.718. The molecule has 1 saturated carbocycles. The Morgan fingerprint density at radius 3 is 2.90 bits per heavy atom. The zero-order valence-corrected chi connectivity index (χ0v) is 12.5. The molecule has 2 aliphatic rings.